The molecule has 4 rings (SSSR count). The van der Waals surface area contributed by atoms with Gasteiger partial charge in [-0.2, -0.15) is 5.26 Å². The van der Waals surface area contributed by atoms with Crippen LogP contribution in [0.2, 0.25) is 5.02 Å². The summed E-state index contributed by atoms with van der Waals surface area (Å²) in [4.78, 5) is 30.6. The molecule has 1 heterocycles. The molecule has 0 unspecified atom stereocenters. The smallest absolute Gasteiger partial charge is 0.262 e. The molecule has 32 heavy (non-hydrogen) atoms. The first kappa shape index (κ1) is 22.4. The maximum Gasteiger partial charge on any atom is 0.262 e. The van der Waals surface area contributed by atoms with Crippen LogP contribution < -0.4 is 10.9 Å². The fourth-order valence-electron chi connectivity index (χ4n) is 4.04. The molecule has 1 aliphatic rings. The van der Waals surface area contributed by atoms with Gasteiger partial charge in [-0.25, -0.2) is 4.98 Å². The van der Waals surface area contributed by atoms with Gasteiger partial charge in [0.1, 0.15) is 0 Å². The van der Waals surface area contributed by atoms with Crippen molar-refractivity contribution in [1.82, 2.24) is 9.55 Å². The Hall–Kier alpha value is -2.82. The zero-order valence-electron chi connectivity index (χ0n) is 17.5. The van der Waals surface area contributed by atoms with Crippen LogP contribution in [0.1, 0.15) is 43.7 Å². The Morgan fingerprint density at radius 3 is 2.66 bits per heavy atom. The largest absolute Gasteiger partial charge is 0.325 e. The average Bonchev–Trinajstić information content (AvgIpc) is 2.79. The molecule has 1 amide bonds. The number of nitrogens with zero attached hydrogens (tertiary/aromatic N) is 3. The maximum absolute atomic E-state index is 13.3. The van der Waals surface area contributed by atoms with Gasteiger partial charge in [-0.05, 0) is 48.7 Å². The molecule has 0 atom stereocenters. The van der Waals surface area contributed by atoms with E-state index >= 15 is 0 Å². The summed E-state index contributed by atoms with van der Waals surface area (Å²) in [7, 11) is 0. The minimum absolute atomic E-state index is 0.0745. The monoisotopic (exact) mass is 466 g/mol. The topological polar surface area (TPSA) is 87.8 Å². The molecule has 1 aromatic heterocycles. The molecular formula is C24H23ClN4O2S. The number of rotatable bonds is 6. The van der Waals surface area contributed by atoms with Crippen molar-refractivity contribution in [2.75, 3.05) is 11.1 Å². The number of nitrogens with one attached hydrogen (secondary N) is 1. The number of amides is 1. The lowest BCUT2D eigenvalue weighted by Gasteiger charge is -2.26. The summed E-state index contributed by atoms with van der Waals surface area (Å²) in [6.07, 6.45) is 5.57. The van der Waals surface area contributed by atoms with Crippen LogP contribution in [0.3, 0.4) is 0 Å². The third-order valence-corrected chi connectivity index (χ3v) is 6.81. The van der Waals surface area contributed by atoms with E-state index in [9.17, 15) is 9.59 Å². The van der Waals surface area contributed by atoms with Gasteiger partial charge in [-0.3, -0.25) is 14.2 Å². The van der Waals surface area contributed by atoms with Crippen molar-refractivity contribution in [2.45, 2.75) is 49.7 Å². The van der Waals surface area contributed by atoms with E-state index in [4.69, 9.17) is 21.8 Å². The van der Waals surface area contributed by atoms with Gasteiger partial charge in [0.05, 0.1) is 29.1 Å². The first-order valence-electron chi connectivity index (χ1n) is 10.7. The summed E-state index contributed by atoms with van der Waals surface area (Å²) < 4.78 is 1.78. The summed E-state index contributed by atoms with van der Waals surface area (Å²) in [5, 5.41) is 13.3. The molecule has 6 nitrogen and oxygen atoms in total. The van der Waals surface area contributed by atoms with E-state index in [0.29, 0.717) is 33.2 Å². The second-order valence-corrected chi connectivity index (χ2v) is 9.27. The minimum Gasteiger partial charge on any atom is -0.325 e. The fraction of sp³-hybridized carbons (Fsp3) is 0.333. The number of nitriles is 1. The quantitative estimate of drug-likeness (QED) is 0.390. The first-order valence-corrected chi connectivity index (χ1v) is 12.0. The van der Waals surface area contributed by atoms with E-state index in [1.165, 1.54) is 18.2 Å². The molecule has 0 bridgehead atoms. The number of fused-ring (bicyclic) bond motifs is 1. The van der Waals surface area contributed by atoms with Crippen molar-refractivity contribution < 1.29 is 4.79 Å². The molecule has 164 valence electrons. The summed E-state index contributed by atoms with van der Waals surface area (Å²) in [6, 6.07) is 14.5. The van der Waals surface area contributed by atoms with Crippen molar-refractivity contribution in [1.29, 1.82) is 5.26 Å². The molecular weight excluding hydrogens is 444 g/mol. The highest BCUT2D eigenvalue weighted by molar-refractivity contribution is 7.99. The third-order valence-electron chi connectivity index (χ3n) is 5.62. The average molecular weight is 467 g/mol. The molecule has 1 N–H and O–H groups in total. The second kappa shape index (κ2) is 10.2. The second-order valence-electron chi connectivity index (χ2n) is 7.89. The number of benzene rings is 2. The van der Waals surface area contributed by atoms with Gasteiger partial charge >= 0.3 is 0 Å². The Morgan fingerprint density at radius 1 is 1.19 bits per heavy atom. The van der Waals surface area contributed by atoms with Gasteiger partial charge in [-0.1, -0.05) is 54.8 Å². The highest BCUT2D eigenvalue weighted by Gasteiger charge is 2.22. The number of carbonyl (C=O) groups is 1. The Bertz CT molecular complexity index is 1230. The number of aromatic nitrogens is 2. The molecule has 0 saturated heterocycles. The Balaban J connectivity index is 1.56. The van der Waals surface area contributed by atoms with Gasteiger partial charge in [-0.15, -0.1) is 0 Å². The molecule has 3 aromatic rings. The van der Waals surface area contributed by atoms with Crippen LogP contribution in [0, 0.1) is 11.3 Å². The normalized spacial score (nSPS) is 14.2. The maximum atomic E-state index is 13.3. The van der Waals surface area contributed by atoms with E-state index in [0.717, 1.165) is 31.2 Å². The molecule has 1 aliphatic carbocycles. The molecule has 1 fully saturated rings. The zero-order valence-corrected chi connectivity index (χ0v) is 19.1. The van der Waals surface area contributed by atoms with Crippen LogP contribution in [0.25, 0.3) is 10.9 Å². The van der Waals surface area contributed by atoms with Crippen molar-refractivity contribution in [3.63, 3.8) is 0 Å². The number of hydrogen-bond donors (Lipinski definition) is 1. The van der Waals surface area contributed by atoms with Crippen LogP contribution in [0.15, 0.2) is 52.4 Å². The summed E-state index contributed by atoms with van der Waals surface area (Å²) in [5.41, 5.74) is 2.04. The van der Waals surface area contributed by atoms with Crippen molar-refractivity contribution in [3.8, 4) is 6.07 Å². The van der Waals surface area contributed by atoms with E-state index in [1.54, 1.807) is 34.9 Å². The molecule has 0 spiro atoms. The van der Waals surface area contributed by atoms with Crippen LogP contribution >= 0.6 is 23.4 Å². The molecule has 1 saturated carbocycles. The SMILES string of the molecule is N#CCc1ccc(NC(=O)CSc2nc3cc(Cl)ccc3c(=O)n2C2CCCCC2)cc1. The van der Waals surface area contributed by atoms with Crippen LogP contribution in [0.4, 0.5) is 5.69 Å². The molecule has 8 heteroatoms. The first-order chi connectivity index (χ1) is 15.5. The van der Waals surface area contributed by atoms with E-state index in [2.05, 4.69) is 11.4 Å². The lowest BCUT2D eigenvalue weighted by molar-refractivity contribution is -0.113. The third kappa shape index (κ3) is 5.14. The highest BCUT2D eigenvalue weighted by atomic mass is 35.5. The van der Waals surface area contributed by atoms with Crippen molar-refractivity contribution in [3.05, 3.63) is 63.4 Å². The number of hydrogen-bond acceptors (Lipinski definition) is 5. The predicted molar refractivity (Wildman–Crippen MR) is 128 cm³/mol. The van der Waals surface area contributed by atoms with Crippen LogP contribution in [0.5, 0.6) is 0 Å². The van der Waals surface area contributed by atoms with Gasteiger partial charge in [0.2, 0.25) is 5.91 Å². The minimum atomic E-state index is -0.182. The van der Waals surface area contributed by atoms with E-state index < -0.39 is 0 Å². The summed E-state index contributed by atoms with van der Waals surface area (Å²) in [6.45, 7) is 0. The Kier molecular flexibility index (Phi) is 7.13. The lowest BCUT2D eigenvalue weighted by Crippen LogP contribution is -2.29. The standard InChI is InChI=1S/C24H23ClN4O2S/c25-17-8-11-20-21(14-17)28-24(29(23(20)31)19-4-2-1-3-5-19)32-15-22(30)27-18-9-6-16(7-10-18)12-13-26/h6-11,14,19H,1-5,12,15H2,(H,27,30). The molecule has 0 aliphatic heterocycles. The fourth-order valence-corrected chi connectivity index (χ4v) is 5.07. The van der Waals surface area contributed by atoms with Crippen LogP contribution in [-0.4, -0.2) is 21.2 Å². The van der Waals surface area contributed by atoms with E-state index in [1.807, 2.05) is 12.1 Å². The molecule has 2 aromatic carbocycles. The highest BCUT2D eigenvalue weighted by Crippen LogP contribution is 2.31. The molecule has 0 radical (unpaired) electrons. The summed E-state index contributed by atoms with van der Waals surface area (Å²) in [5.74, 6) is -0.0517. The number of carbonyl (C=O) groups excluding carboxylic acids is 1. The van der Waals surface area contributed by atoms with Crippen LogP contribution in [-0.2, 0) is 11.2 Å². The lowest BCUT2D eigenvalue weighted by atomic mass is 9.95. The van der Waals surface area contributed by atoms with Gasteiger partial charge in [0.15, 0.2) is 5.16 Å². The van der Waals surface area contributed by atoms with E-state index in [-0.39, 0.29) is 23.3 Å². The Morgan fingerprint density at radius 2 is 1.94 bits per heavy atom. The Labute approximate surface area is 195 Å². The van der Waals surface area contributed by atoms with Crippen molar-refractivity contribution in [2.24, 2.45) is 0 Å². The summed E-state index contributed by atoms with van der Waals surface area (Å²) >= 11 is 7.39. The van der Waals surface area contributed by atoms with Crippen molar-refractivity contribution >= 4 is 45.9 Å². The van der Waals surface area contributed by atoms with Gasteiger partial charge < -0.3 is 5.32 Å². The number of halogens is 1. The zero-order chi connectivity index (χ0) is 22.5. The van der Waals surface area contributed by atoms with Gasteiger partial charge in [0.25, 0.3) is 5.56 Å². The van der Waals surface area contributed by atoms with Gasteiger partial charge in [0, 0.05) is 16.8 Å². The number of thioether (sulfide) groups is 1. The predicted octanol–water partition coefficient (Wildman–Crippen LogP) is 5.35. The number of anilines is 1.